The number of aromatic nitrogens is 3. The van der Waals surface area contributed by atoms with Crippen molar-refractivity contribution in [2.45, 2.75) is 38.0 Å². The highest BCUT2D eigenvalue weighted by Gasteiger charge is 2.34. The summed E-state index contributed by atoms with van der Waals surface area (Å²) < 4.78 is 42.4. The van der Waals surface area contributed by atoms with Gasteiger partial charge in [0.05, 0.1) is 23.5 Å². The van der Waals surface area contributed by atoms with Gasteiger partial charge in [0.15, 0.2) is 0 Å². The zero-order valence-corrected chi connectivity index (χ0v) is 18.2. The van der Waals surface area contributed by atoms with Crippen LogP contribution >= 0.6 is 11.6 Å². The first kappa shape index (κ1) is 22.4. The van der Waals surface area contributed by atoms with E-state index in [9.17, 15) is 13.2 Å². The molecule has 1 aromatic carbocycles. The normalized spacial score (nSPS) is 16.2. The van der Waals surface area contributed by atoms with E-state index < -0.39 is 17.8 Å². The van der Waals surface area contributed by atoms with Crippen LogP contribution in [0.5, 0.6) is 0 Å². The molecule has 0 spiro atoms. The van der Waals surface area contributed by atoms with Gasteiger partial charge in [-0.05, 0) is 62.7 Å². The summed E-state index contributed by atoms with van der Waals surface area (Å²) in [6.45, 7) is 3.54. The first-order valence-corrected chi connectivity index (χ1v) is 10.7. The van der Waals surface area contributed by atoms with E-state index in [2.05, 4.69) is 20.7 Å². The molecule has 1 aliphatic heterocycles. The maximum absolute atomic E-state index is 13.5. The number of nitrogens with two attached hydrogens (primary N) is 1. The molecule has 4 N–H and O–H groups in total. The van der Waals surface area contributed by atoms with E-state index in [1.54, 1.807) is 25.4 Å². The number of rotatable bonds is 5. The average Bonchev–Trinajstić information content (AvgIpc) is 3.25. The molecule has 1 aliphatic rings. The highest BCUT2D eigenvalue weighted by molar-refractivity contribution is 6.30. The quantitative estimate of drug-likeness (QED) is 0.477. The number of hydrogen-bond acceptors (Lipinski definition) is 5. The van der Waals surface area contributed by atoms with Gasteiger partial charge in [0, 0.05) is 34.6 Å². The van der Waals surface area contributed by atoms with Gasteiger partial charge in [-0.25, -0.2) is 4.98 Å². The fourth-order valence-corrected chi connectivity index (χ4v) is 4.15. The largest absolute Gasteiger partial charge is 0.416 e. The molecule has 1 saturated heterocycles. The Morgan fingerprint density at radius 2 is 1.94 bits per heavy atom. The molecule has 3 heterocycles. The number of benzene rings is 1. The molecular formula is C22H24ClF3N6. The summed E-state index contributed by atoms with van der Waals surface area (Å²) in [5.41, 5.74) is 7.40. The Hall–Kier alpha value is -2.78. The van der Waals surface area contributed by atoms with Crippen LogP contribution in [0.2, 0.25) is 5.02 Å². The molecule has 2 aromatic heterocycles. The number of nitrogen functional groups attached to an aromatic ring is 1. The van der Waals surface area contributed by atoms with Crippen molar-refractivity contribution in [2.75, 3.05) is 24.1 Å². The van der Waals surface area contributed by atoms with Crippen LogP contribution in [0.15, 0.2) is 42.9 Å². The number of nitrogens with zero attached hydrogens (tertiary/aromatic N) is 3. The fourth-order valence-electron chi connectivity index (χ4n) is 3.97. The smallest absolute Gasteiger partial charge is 0.382 e. The van der Waals surface area contributed by atoms with E-state index in [0.29, 0.717) is 11.7 Å². The number of halogens is 4. The molecule has 6 nitrogen and oxygen atoms in total. The van der Waals surface area contributed by atoms with Gasteiger partial charge in [-0.1, -0.05) is 11.6 Å². The summed E-state index contributed by atoms with van der Waals surface area (Å²) in [7, 11) is 0. The Morgan fingerprint density at radius 3 is 2.66 bits per heavy atom. The number of hydrogen-bond donors (Lipinski definition) is 3. The van der Waals surface area contributed by atoms with Crippen LogP contribution in [0.1, 0.15) is 43.0 Å². The van der Waals surface area contributed by atoms with Crippen molar-refractivity contribution in [3.05, 3.63) is 59.0 Å². The maximum atomic E-state index is 13.5. The van der Waals surface area contributed by atoms with Crippen LogP contribution in [0, 0.1) is 0 Å². The van der Waals surface area contributed by atoms with Crippen molar-refractivity contribution in [1.82, 2.24) is 20.1 Å². The van der Waals surface area contributed by atoms with Crippen molar-refractivity contribution in [3.63, 3.8) is 0 Å². The van der Waals surface area contributed by atoms with Crippen LogP contribution < -0.4 is 16.4 Å². The molecule has 1 unspecified atom stereocenters. The number of alkyl halides is 3. The molecule has 4 rings (SSSR count). The monoisotopic (exact) mass is 464 g/mol. The fraction of sp³-hybridized carbons (Fsp3) is 0.364. The van der Waals surface area contributed by atoms with Crippen molar-refractivity contribution in [3.8, 4) is 11.1 Å². The molecule has 170 valence electrons. The molecule has 1 fully saturated rings. The Bertz CT molecular complexity index is 1090. The summed E-state index contributed by atoms with van der Waals surface area (Å²) in [6.07, 6.45) is 2.88. The van der Waals surface area contributed by atoms with Gasteiger partial charge in [0.25, 0.3) is 0 Å². The Morgan fingerprint density at radius 1 is 1.19 bits per heavy atom. The van der Waals surface area contributed by atoms with Crippen LogP contribution in [0.3, 0.4) is 0 Å². The summed E-state index contributed by atoms with van der Waals surface area (Å²) in [4.78, 5) is 4.23. The molecule has 3 aromatic rings. The first-order chi connectivity index (χ1) is 15.2. The summed E-state index contributed by atoms with van der Waals surface area (Å²) in [5.74, 6) is 0.196. The van der Waals surface area contributed by atoms with Gasteiger partial charge in [-0.15, -0.1) is 0 Å². The lowest BCUT2D eigenvalue weighted by Gasteiger charge is -2.22. The third-order valence-corrected chi connectivity index (χ3v) is 5.93. The van der Waals surface area contributed by atoms with E-state index in [0.717, 1.165) is 43.1 Å². The second-order valence-corrected chi connectivity index (χ2v) is 8.38. The second kappa shape index (κ2) is 8.99. The van der Waals surface area contributed by atoms with E-state index in [1.165, 1.54) is 12.1 Å². The van der Waals surface area contributed by atoms with E-state index >= 15 is 0 Å². The van der Waals surface area contributed by atoms with E-state index in [4.69, 9.17) is 17.3 Å². The number of nitrogens with one attached hydrogen (secondary N) is 2. The predicted molar refractivity (Wildman–Crippen MR) is 120 cm³/mol. The van der Waals surface area contributed by atoms with Crippen LogP contribution in [0.4, 0.5) is 24.7 Å². The standard InChI is InChI=1S/C22H24ClF3N6/c1-13(18-9-16(23)2-3-19(18)22(24,25)26)31-20-8-14(10-29-21(20)27)15-11-30-32(12-15)17-4-6-28-7-5-17/h2-3,8-13,17,28,31H,4-7H2,1H3,(H2,27,29). The van der Waals surface area contributed by atoms with Crippen molar-refractivity contribution in [2.24, 2.45) is 0 Å². The lowest BCUT2D eigenvalue weighted by Crippen LogP contribution is -2.29. The van der Waals surface area contributed by atoms with Crippen molar-refractivity contribution >= 4 is 23.1 Å². The summed E-state index contributed by atoms with van der Waals surface area (Å²) >= 11 is 5.97. The minimum atomic E-state index is -4.50. The molecule has 0 saturated carbocycles. The highest BCUT2D eigenvalue weighted by atomic mass is 35.5. The minimum absolute atomic E-state index is 0.0357. The first-order valence-electron chi connectivity index (χ1n) is 10.4. The topological polar surface area (TPSA) is 80.8 Å². The minimum Gasteiger partial charge on any atom is -0.382 e. The van der Waals surface area contributed by atoms with Crippen molar-refractivity contribution in [1.29, 1.82) is 0 Å². The lowest BCUT2D eigenvalue weighted by atomic mass is 10.0. The van der Waals surface area contributed by atoms with Gasteiger partial charge >= 0.3 is 6.18 Å². The Kier molecular flexibility index (Phi) is 6.30. The molecule has 0 radical (unpaired) electrons. The van der Waals surface area contributed by atoms with Gasteiger partial charge in [-0.2, -0.15) is 18.3 Å². The van der Waals surface area contributed by atoms with Gasteiger partial charge in [0.1, 0.15) is 5.82 Å². The highest BCUT2D eigenvalue weighted by Crippen LogP contribution is 2.37. The zero-order chi connectivity index (χ0) is 22.9. The van der Waals surface area contributed by atoms with E-state index in [1.807, 2.05) is 10.9 Å². The lowest BCUT2D eigenvalue weighted by molar-refractivity contribution is -0.138. The Labute approximate surface area is 189 Å². The zero-order valence-electron chi connectivity index (χ0n) is 17.5. The molecule has 1 atom stereocenters. The van der Waals surface area contributed by atoms with Crippen LogP contribution in [-0.2, 0) is 6.18 Å². The third kappa shape index (κ3) is 4.83. The molecule has 0 amide bonds. The van der Waals surface area contributed by atoms with E-state index in [-0.39, 0.29) is 16.4 Å². The van der Waals surface area contributed by atoms with Crippen LogP contribution in [-0.4, -0.2) is 27.9 Å². The van der Waals surface area contributed by atoms with Crippen LogP contribution in [0.25, 0.3) is 11.1 Å². The van der Waals surface area contributed by atoms with Crippen molar-refractivity contribution < 1.29 is 13.2 Å². The average molecular weight is 465 g/mol. The molecule has 0 aliphatic carbocycles. The third-order valence-electron chi connectivity index (χ3n) is 5.69. The Balaban J connectivity index is 1.59. The van der Waals surface area contributed by atoms with Gasteiger partial charge in [-0.3, -0.25) is 4.68 Å². The second-order valence-electron chi connectivity index (χ2n) is 7.94. The summed E-state index contributed by atoms with van der Waals surface area (Å²) in [6, 6.07) is 4.95. The number of anilines is 2. The molecule has 32 heavy (non-hydrogen) atoms. The molecule has 10 heteroatoms. The van der Waals surface area contributed by atoms with Gasteiger partial charge in [0.2, 0.25) is 0 Å². The number of pyridine rings is 1. The maximum Gasteiger partial charge on any atom is 0.416 e. The predicted octanol–water partition coefficient (Wildman–Crippen LogP) is 5.30. The SMILES string of the molecule is CC(Nc1cc(-c2cnn(C3CCNCC3)c2)cnc1N)c1cc(Cl)ccc1C(F)(F)F. The molecule has 0 bridgehead atoms. The van der Waals surface area contributed by atoms with Gasteiger partial charge < -0.3 is 16.4 Å². The molecular weight excluding hydrogens is 441 g/mol. The summed E-state index contributed by atoms with van der Waals surface area (Å²) in [5, 5.41) is 11.1. The number of piperidine rings is 1.